The summed E-state index contributed by atoms with van der Waals surface area (Å²) in [5, 5.41) is 14.6. The van der Waals surface area contributed by atoms with Crippen molar-refractivity contribution in [3.05, 3.63) is 48.0 Å². The molecule has 134 valence electrons. The standard InChI is InChI=1S/C21H28N2O2/c1-16(18-11-10-17-6-2-3-7-19(17)14-18)22-21(25)15-23-12-4-8-20(23)9-5-13-24/h2-3,6-7,10-11,14,16,20,24H,4-5,8-9,12-13,15H2,1H3,(H,22,25). The molecule has 2 aromatic rings. The summed E-state index contributed by atoms with van der Waals surface area (Å²) in [5.41, 5.74) is 1.13. The topological polar surface area (TPSA) is 52.6 Å². The molecule has 1 heterocycles. The monoisotopic (exact) mass is 340 g/mol. The Bertz CT molecular complexity index is 716. The van der Waals surface area contributed by atoms with E-state index in [1.165, 1.54) is 10.8 Å². The van der Waals surface area contributed by atoms with Gasteiger partial charge in [-0.15, -0.1) is 0 Å². The lowest BCUT2D eigenvalue weighted by Crippen LogP contribution is -2.40. The number of rotatable bonds is 7. The highest BCUT2D eigenvalue weighted by molar-refractivity contribution is 5.83. The number of likely N-dealkylation sites (tertiary alicyclic amines) is 1. The van der Waals surface area contributed by atoms with Crippen molar-refractivity contribution in [1.29, 1.82) is 0 Å². The number of benzene rings is 2. The molecule has 0 bridgehead atoms. The number of fused-ring (bicyclic) bond motifs is 1. The normalized spacial score (nSPS) is 19.2. The number of hydrogen-bond donors (Lipinski definition) is 2. The van der Waals surface area contributed by atoms with Gasteiger partial charge < -0.3 is 10.4 Å². The summed E-state index contributed by atoms with van der Waals surface area (Å²) in [6, 6.07) is 15.1. The molecule has 25 heavy (non-hydrogen) atoms. The van der Waals surface area contributed by atoms with Gasteiger partial charge in [0.05, 0.1) is 12.6 Å². The van der Waals surface area contributed by atoms with E-state index in [4.69, 9.17) is 5.11 Å². The van der Waals surface area contributed by atoms with Gasteiger partial charge in [0.15, 0.2) is 0 Å². The van der Waals surface area contributed by atoms with Gasteiger partial charge in [0.1, 0.15) is 0 Å². The lowest BCUT2D eigenvalue weighted by molar-refractivity contribution is -0.123. The van der Waals surface area contributed by atoms with Gasteiger partial charge in [-0.25, -0.2) is 0 Å². The number of carbonyl (C=O) groups excluding carboxylic acids is 1. The largest absolute Gasteiger partial charge is 0.396 e. The van der Waals surface area contributed by atoms with Crippen molar-refractivity contribution in [2.24, 2.45) is 0 Å². The van der Waals surface area contributed by atoms with Crippen LogP contribution in [-0.4, -0.2) is 41.7 Å². The number of aliphatic hydroxyl groups is 1. The van der Waals surface area contributed by atoms with E-state index in [0.29, 0.717) is 12.6 Å². The van der Waals surface area contributed by atoms with Gasteiger partial charge in [-0.3, -0.25) is 9.69 Å². The zero-order valence-electron chi connectivity index (χ0n) is 14.9. The van der Waals surface area contributed by atoms with Gasteiger partial charge in [-0.1, -0.05) is 36.4 Å². The Morgan fingerprint density at radius 1 is 1.28 bits per heavy atom. The van der Waals surface area contributed by atoms with Crippen LogP contribution in [0.4, 0.5) is 0 Å². The summed E-state index contributed by atoms with van der Waals surface area (Å²) in [6.45, 7) is 3.70. The molecule has 0 spiro atoms. The Balaban J connectivity index is 1.57. The Morgan fingerprint density at radius 3 is 2.88 bits per heavy atom. The van der Waals surface area contributed by atoms with Crippen molar-refractivity contribution < 1.29 is 9.90 Å². The predicted octanol–water partition coefficient (Wildman–Crippen LogP) is 3.25. The first-order valence-corrected chi connectivity index (χ1v) is 9.30. The van der Waals surface area contributed by atoms with E-state index in [0.717, 1.165) is 37.8 Å². The molecule has 1 amide bonds. The van der Waals surface area contributed by atoms with Gasteiger partial charge >= 0.3 is 0 Å². The fourth-order valence-electron chi connectivity index (χ4n) is 3.79. The van der Waals surface area contributed by atoms with E-state index in [9.17, 15) is 4.79 Å². The number of nitrogens with zero attached hydrogens (tertiary/aromatic N) is 1. The van der Waals surface area contributed by atoms with Crippen LogP contribution in [0, 0.1) is 0 Å². The lowest BCUT2D eigenvalue weighted by atomic mass is 10.0. The van der Waals surface area contributed by atoms with Gasteiger partial charge in [0.25, 0.3) is 0 Å². The Kier molecular flexibility index (Phi) is 6.05. The maximum atomic E-state index is 12.5. The van der Waals surface area contributed by atoms with Crippen LogP contribution in [0.5, 0.6) is 0 Å². The third kappa shape index (κ3) is 4.59. The summed E-state index contributed by atoms with van der Waals surface area (Å²) in [6.07, 6.45) is 4.07. The summed E-state index contributed by atoms with van der Waals surface area (Å²) in [7, 11) is 0. The zero-order valence-corrected chi connectivity index (χ0v) is 14.9. The first kappa shape index (κ1) is 17.9. The van der Waals surface area contributed by atoms with E-state index in [1.54, 1.807) is 0 Å². The van der Waals surface area contributed by atoms with Gasteiger partial charge in [-0.2, -0.15) is 0 Å². The number of hydrogen-bond acceptors (Lipinski definition) is 3. The van der Waals surface area contributed by atoms with E-state index in [-0.39, 0.29) is 18.6 Å². The van der Waals surface area contributed by atoms with Crippen LogP contribution in [0.25, 0.3) is 10.8 Å². The highest BCUT2D eigenvalue weighted by atomic mass is 16.3. The average molecular weight is 340 g/mol. The number of carbonyl (C=O) groups is 1. The van der Waals surface area contributed by atoms with E-state index in [1.807, 2.05) is 19.1 Å². The summed E-state index contributed by atoms with van der Waals surface area (Å²) < 4.78 is 0. The fourth-order valence-corrected chi connectivity index (χ4v) is 3.79. The molecule has 2 aromatic carbocycles. The Morgan fingerprint density at radius 2 is 2.08 bits per heavy atom. The highest BCUT2D eigenvalue weighted by Crippen LogP contribution is 2.22. The molecule has 3 rings (SSSR count). The predicted molar refractivity (Wildman–Crippen MR) is 101 cm³/mol. The van der Waals surface area contributed by atoms with Crippen LogP contribution >= 0.6 is 0 Å². The molecule has 1 aliphatic rings. The molecular weight excluding hydrogens is 312 g/mol. The van der Waals surface area contributed by atoms with Crippen molar-refractivity contribution in [2.75, 3.05) is 19.7 Å². The SMILES string of the molecule is CC(NC(=O)CN1CCCC1CCCO)c1ccc2ccccc2c1. The second kappa shape index (κ2) is 8.45. The smallest absolute Gasteiger partial charge is 0.234 e. The van der Waals surface area contributed by atoms with Crippen molar-refractivity contribution in [2.45, 2.75) is 44.7 Å². The minimum Gasteiger partial charge on any atom is -0.396 e. The molecule has 1 saturated heterocycles. The third-order valence-electron chi connectivity index (χ3n) is 5.19. The van der Waals surface area contributed by atoms with E-state index >= 15 is 0 Å². The van der Waals surface area contributed by atoms with Crippen molar-refractivity contribution >= 4 is 16.7 Å². The second-order valence-electron chi connectivity index (χ2n) is 7.03. The molecule has 0 aromatic heterocycles. The maximum absolute atomic E-state index is 12.5. The molecule has 0 saturated carbocycles. The zero-order chi connectivity index (χ0) is 17.6. The van der Waals surface area contributed by atoms with Crippen LogP contribution in [0.3, 0.4) is 0 Å². The first-order valence-electron chi connectivity index (χ1n) is 9.30. The molecular formula is C21H28N2O2. The molecule has 4 nitrogen and oxygen atoms in total. The van der Waals surface area contributed by atoms with Gasteiger partial charge in [0.2, 0.25) is 5.91 Å². The van der Waals surface area contributed by atoms with Crippen LogP contribution in [0.1, 0.15) is 44.2 Å². The lowest BCUT2D eigenvalue weighted by Gasteiger charge is -2.24. The van der Waals surface area contributed by atoms with Crippen molar-refractivity contribution in [1.82, 2.24) is 10.2 Å². The van der Waals surface area contributed by atoms with Crippen LogP contribution in [0.15, 0.2) is 42.5 Å². The first-order chi connectivity index (χ1) is 12.2. The molecule has 0 radical (unpaired) electrons. The molecule has 4 heteroatoms. The van der Waals surface area contributed by atoms with Crippen LogP contribution in [-0.2, 0) is 4.79 Å². The average Bonchev–Trinajstić information content (AvgIpc) is 3.06. The van der Waals surface area contributed by atoms with E-state index < -0.39 is 0 Å². The third-order valence-corrected chi connectivity index (χ3v) is 5.19. The quantitative estimate of drug-likeness (QED) is 0.813. The van der Waals surface area contributed by atoms with Gasteiger partial charge in [0, 0.05) is 12.6 Å². The summed E-state index contributed by atoms with van der Waals surface area (Å²) >= 11 is 0. The fraction of sp³-hybridized carbons (Fsp3) is 0.476. The van der Waals surface area contributed by atoms with Crippen LogP contribution < -0.4 is 5.32 Å². The Labute approximate surface area is 149 Å². The number of amides is 1. The molecule has 0 aliphatic carbocycles. The second-order valence-corrected chi connectivity index (χ2v) is 7.03. The molecule has 1 aliphatic heterocycles. The Hall–Kier alpha value is -1.91. The highest BCUT2D eigenvalue weighted by Gasteiger charge is 2.26. The maximum Gasteiger partial charge on any atom is 0.234 e. The molecule has 2 unspecified atom stereocenters. The molecule has 1 fully saturated rings. The van der Waals surface area contributed by atoms with E-state index in [2.05, 4.69) is 40.5 Å². The minimum absolute atomic E-state index is 0.00407. The van der Waals surface area contributed by atoms with Crippen molar-refractivity contribution in [3.8, 4) is 0 Å². The molecule has 2 N–H and O–H groups in total. The summed E-state index contributed by atoms with van der Waals surface area (Å²) in [4.78, 5) is 14.7. The van der Waals surface area contributed by atoms with Crippen LogP contribution in [0.2, 0.25) is 0 Å². The molecule has 2 atom stereocenters. The number of aliphatic hydroxyl groups excluding tert-OH is 1. The summed E-state index contributed by atoms with van der Waals surface area (Å²) in [5.74, 6) is 0.0801. The van der Waals surface area contributed by atoms with Gasteiger partial charge in [-0.05, 0) is 61.6 Å². The minimum atomic E-state index is -0.00407. The number of nitrogens with one attached hydrogen (secondary N) is 1. The van der Waals surface area contributed by atoms with Crippen molar-refractivity contribution in [3.63, 3.8) is 0 Å².